The van der Waals surface area contributed by atoms with E-state index >= 15 is 0 Å². The minimum absolute atomic E-state index is 0.207. The number of pyridine rings is 2. The van der Waals surface area contributed by atoms with E-state index in [4.69, 9.17) is 14.7 Å². The number of benzene rings is 1. The van der Waals surface area contributed by atoms with Crippen LogP contribution >= 0.6 is 0 Å². The molecule has 10 rings (SSSR count). The van der Waals surface area contributed by atoms with Gasteiger partial charge in [0.1, 0.15) is 0 Å². The lowest BCUT2D eigenvalue weighted by molar-refractivity contribution is -0.134. The first-order chi connectivity index (χ1) is 28.2. The van der Waals surface area contributed by atoms with Crippen LogP contribution in [0.3, 0.4) is 0 Å². The highest BCUT2D eigenvalue weighted by Gasteiger charge is 2.38. The number of ether oxygens (including phenoxy) is 1. The Bertz CT molecular complexity index is 2390. The van der Waals surface area contributed by atoms with Gasteiger partial charge in [-0.15, -0.1) is 0 Å². The molecule has 1 aliphatic carbocycles. The van der Waals surface area contributed by atoms with Crippen molar-refractivity contribution in [2.24, 2.45) is 18.9 Å². The van der Waals surface area contributed by atoms with Crippen LogP contribution in [0.4, 0.5) is 17.3 Å². The van der Waals surface area contributed by atoms with E-state index in [1.54, 1.807) is 16.9 Å². The Morgan fingerprint density at radius 3 is 2.41 bits per heavy atom. The number of carbonyl (C=O) groups is 3. The number of carbonyl (C=O) groups excluding carboxylic acids is 3. The zero-order chi connectivity index (χ0) is 39.5. The van der Waals surface area contributed by atoms with Gasteiger partial charge < -0.3 is 19.1 Å². The Morgan fingerprint density at radius 1 is 0.810 bits per heavy atom. The SMILES string of the molecule is Cc1cc2cc(n1)-c1cnn(C)c1OCC[C@@H]1C[C@H]1Cn1c(nc3ccc(N4CCN(C5CCN(c6ccc([C@H]7CCC(=O)NC7=O)nc6)CC5)CC4)cc31)NC2=O. The van der Waals surface area contributed by atoms with Gasteiger partial charge >= 0.3 is 0 Å². The number of aryl methyl sites for hydroxylation is 2. The first-order valence-electron chi connectivity index (χ1n) is 20.7. The number of amides is 3. The van der Waals surface area contributed by atoms with E-state index < -0.39 is 0 Å². The lowest BCUT2D eigenvalue weighted by Crippen LogP contribution is -2.53. The molecule has 0 radical (unpaired) electrons. The molecule has 8 heterocycles. The third-order valence-electron chi connectivity index (χ3n) is 12.9. The van der Waals surface area contributed by atoms with Crippen LogP contribution in [0.1, 0.15) is 66.2 Å². The maximum absolute atomic E-state index is 13.9. The van der Waals surface area contributed by atoms with Gasteiger partial charge in [-0.3, -0.25) is 39.9 Å². The van der Waals surface area contributed by atoms with E-state index in [0.717, 1.165) is 105 Å². The van der Waals surface area contributed by atoms with Crippen molar-refractivity contribution in [3.63, 3.8) is 0 Å². The van der Waals surface area contributed by atoms with E-state index in [9.17, 15) is 14.4 Å². The Morgan fingerprint density at radius 2 is 1.62 bits per heavy atom. The molecule has 58 heavy (non-hydrogen) atoms. The largest absolute Gasteiger partial charge is 0.477 e. The zero-order valence-corrected chi connectivity index (χ0v) is 33.1. The second kappa shape index (κ2) is 14.8. The fourth-order valence-corrected chi connectivity index (χ4v) is 9.50. The van der Waals surface area contributed by atoms with Crippen LogP contribution in [0, 0.1) is 18.8 Å². The highest BCUT2D eigenvalue weighted by atomic mass is 16.5. The molecule has 0 unspecified atom stereocenters. The molecule has 4 fully saturated rings. The summed E-state index contributed by atoms with van der Waals surface area (Å²) in [6.07, 6.45) is 8.74. The van der Waals surface area contributed by atoms with Crippen molar-refractivity contribution < 1.29 is 19.1 Å². The highest BCUT2D eigenvalue weighted by molar-refractivity contribution is 6.05. The number of imidazole rings is 1. The molecule has 0 spiro atoms. The molecular weight excluding hydrogens is 735 g/mol. The molecular formula is C43H49N11O4. The van der Waals surface area contributed by atoms with Gasteiger partial charge in [-0.25, -0.2) is 9.67 Å². The maximum Gasteiger partial charge on any atom is 0.258 e. The number of fused-ring (bicyclic) bond motifs is 8. The molecule has 15 heteroatoms. The number of piperidine rings is 2. The van der Waals surface area contributed by atoms with Crippen LogP contribution in [0.15, 0.2) is 54.9 Å². The second-order valence-corrected chi connectivity index (χ2v) is 16.6. The summed E-state index contributed by atoms with van der Waals surface area (Å²) < 4.78 is 10.3. The van der Waals surface area contributed by atoms with Crippen LogP contribution in [0.5, 0.6) is 5.88 Å². The van der Waals surface area contributed by atoms with E-state index in [2.05, 4.69) is 64.2 Å². The fourth-order valence-electron chi connectivity index (χ4n) is 9.50. The molecule has 300 valence electrons. The Balaban J connectivity index is 0.809. The lowest BCUT2D eigenvalue weighted by Gasteiger charge is -2.43. The van der Waals surface area contributed by atoms with E-state index in [1.165, 1.54) is 5.69 Å². The van der Waals surface area contributed by atoms with Crippen molar-refractivity contribution >= 4 is 46.1 Å². The number of piperazine rings is 1. The molecule has 3 saturated heterocycles. The molecule has 2 N–H and O–H groups in total. The minimum atomic E-state index is -0.362. The molecule has 4 aliphatic heterocycles. The normalized spacial score (nSPS) is 23.2. The van der Waals surface area contributed by atoms with Gasteiger partial charge in [0, 0.05) is 82.3 Å². The topological polar surface area (TPSA) is 156 Å². The zero-order valence-electron chi connectivity index (χ0n) is 33.1. The third-order valence-corrected chi connectivity index (χ3v) is 12.9. The van der Waals surface area contributed by atoms with Crippen molar-refractivity contribution in [1.29, 1.82) is 0 Å². The van der Waals surface area contributed by atoms with Crippen LogP contribution < -0.4 is 25.2 Å². The number of aromatic nitrogens is 6. The summed E-state index contributed by atoms with van der Waals surface area (Å²) in [4.78, 5) is 59.7. The Labute approximate surface area is 336 Å². The minimum Gasteiger partial charge on any atom is -0.477 e. The molecule has 3 amide bonds. The number of rotatable bonds is 4. The number of imide groups is 1. The third kappa shape index (κ3) is 7.05. The van der Waals surface area contributed by atoms with E-state index in [0.29, 0.717) is 60.4 Å². The Hall–Kier alpha value is -5.83. The maximum atomic E-state index is 13.9. The number of hydrogen-bond donors (Lipinski definition) is 2. The standard InChI is InChI=1S/C43H49N11O4/c1-26-19-28-21-37(46-26)34-24-45-50(2)42(34)58-18-11-27-20-29(27)25-54-38-22-31(3-7-36(38)47-43(54)49-40(28)56)53-16-14-52(15-17-53)30-9-12-51(13-10-30)32-4-6-35(44-23-32)33-5-8-39(55)48-41(33)57/h3-4,6-7,19,21-24,27,29-30,33H,5,8-18,20,25H2,1-2H3,(H,47,49,56)(H,48,55,57)/t27-,29+,33-/m1/s1. The summed E-state index contributed by atoms with van der Waals surface area (Å²) in [6, 6.07) is 14.7. The predicted molar refractivity (Wildman–Crippen MR) is 219 cm³/mol. The summed E-state index contributed by atoms with van der Waals surface area (Å²) in [5, 5.41) is 10.0. The summed E-state index contributed by atoms with van der Waals surface area (Å²) in [6.45, 7) is 9.10. The van der Waals surface area contributed by atoms with Gasteiger partial charge in [-0.2, -0.15) is 5.10 Å². The van der Waals surface area contributed by atoms with Crippen LogP contribution in [0.25, 0.3) is 22.3 Å². The van der Waals surface area contributed by atoms with Gasteiger partial charge in [0.15, 0.2) is 0 Å². The molecule has 4 aromatic heterocycles. The van der Waals surface area contributed by atoms with Crippen LogP contribution in [-0.2, 0) is 23.2 Å². The summed E-state index contributed by atoms with van der Waals surface area (Å²) in [5.41, 5.74) is 7.59. The molecule has 2 bridgehead atoms. The fraction of sp³-hybridized carbons (Fsp3) is 0.465. The molecule has 5 aromatic rings. The van der Waals surface area contributed by atoms with E-state index in [1.807, 2.05) is 32.3 Å². The quantitative estimate of drug-likeness (QED) is 0.247. The second-order valence-electron chi connectivity index (χ2n) is 16.6. The van der Waals surface area contributed by atoms with Crippen molar-refractivity contribution in [3.05, 3.63) is 71.8 Å². The molecule has 1 saturated carbocycles. The van der Waals surface area contributed by atoms with Crippen molar-refractivity contribution in [2.75, 3.05) is 61.0 Å². The van der Waals surface area contributed by atoms with Crippen molar-refractivity contribution in [3.8, 4) is 17.1 Å². The molecule has 15 nitrogen and oxygen atoms in total. The number of nitrogens with one attached hydrogen (secondary N) is 2. The summed E-state index contributed by atoms with van der Waals surface area (Å²) >= 11 is 0. The first-order valence-corrected chi connectivity index (χ1v) is 20.7. The average Bonchev–Trinajstić information content (AvgIpc) is 3.75. The van der Waals surface area contributed by atoms with Gasteiger partial charge in [0.2, 0.25) is 23.6 Å². The van der Waals surface area contributed by atoms with Gasteiger partial charge in [-0.05, 0) is 93.3 Å². The average molecular weight is 784 g/mol. The number of nitrogens with zero attached hydrogens (tertiary/aromatic N) is 9. The smallest absolute Gasteiger partial charge is 0.258 e. The van der Waals surface area contributed by atoms with E-state index in [-0.39, 0.29) is 23.6 Å². The highest BCUT2D eigenvalue weighted by Crippen LogP contribution is 2.44. The summed E-state index contributed by atoms with van der Waals surface area (Å²) in [5.74, 6) is 1.21. The van der Waals surface area contributed by atoms with Crippen molar-refractivity contribution in [1.82, 2.24) is 39.5 Å². The Kier molecular flexibility index (Phi) is 9.34. The monoisotopic (exact) mass is 783 g/mol. The van der Waals surface area contributed by atoms with Gasteiger partial charge in [0.25, 0.3) is 5.91 Å². The first kappa shape index (κ1) is 36.5. The predicted octanol–water partition coefficient (Wildman–Crippen LogP) is 4.52. The lowest BCUT2D eigenvalue weighted by atomic mass is 9.94. The van der Waals surface area contributed by atoms with Crippen LogP contribution in [-0.4, -0.2) is 104 Å². The van der Waals surface area contributed by atoms with Gasteiger partial charge in [0.05, 0.1) is 58.6 Å². The van der Waals surface area contributed by atoms with Crippen LogP contribution in [0.2, 0.25) is 0 Å². The van der Waals surface area contributed by atoms with Crippen molar-refractivity contribution in [2.45, 2.75) is 64.0 Å². The number of hydrogen-bond acceptors (Lipinski definition) is 11. The van der Waals surface area contributed by atoms with Gasteiger partial charge in [-0.1, -0.05) is 0 Å². The number of anilines is 3. The molecule has 5 aliphatic rings. The molecule has 1 aromatic carbocycles. The molecule has 3 atom stereocenters. The summed E-state index contributed by atoms with van der Waals surface area (Å²) in [7, 11) is 1.87.